The lowest BCUT2D eigenvalue weighted by molar-refractivity contribution is 0.676. The van der Waals surface area contributed by atoms with Crippen LogP contribution in [0.2, 0.25) is 0 Å². The van der Waals surface area contributed by atoms with E-state index in [1.54, 1.807) is 0 Å². The van der Waals surface area contributed by atoms with Crippen molar-refractivity contribution in [2.75, 3.05) is 0 Å². The van der Waals surface area contributed by atoms with E-state index in [0.717, 1.165) is 11.9 Å². The van der Waals surface area contributed by atoms with Gasteiger partial charge in [0.25, 0.3) is 0 Å². The van der Waals surface area contributed by atoms with E-state index < -0.39 is 0 Å². The highest BCUT2D eigenvalue weighted by Crippen LogP contribution is 2.15. The Morgan fingerprint density at radius 1 is 1.20 bits per heavy atom. The summed E-state index contributed by atoms with van der Waals surface area (Å²) in [6, 6.07) is 8.33. The first kappa shape index (κ1) is 10.2. The number of benzene rings is 1. The molecular formula is C13H18N2. The molecule has 2 heteroatoms. The lowest BCUT2D eigenvalue weighted by Crippen LogP contribution is -1.97. The standard InChI is InChI=1S/C13H18N2/c1-3-4-5-10-13-14-11-8-6-7-9-12(11)15(13)2/h6-9H,3-5,10H2,1-2H3. The fourth-order valence-corrected chi connectivity index (χ4v) is 1.95. The highest BCUT2D eigenvalue weighted by Gasteiger charge is 2.05. The van der Waals surface area contributed by atoms with Crippen molar-refractivity contribution in [1.29, 1.82) is 0 Å². The maximum Gasteiger partial charge on any atom is 0.109 e. The van der Waals surface area contributed by atoms with Crippen molar-refractivity contribution in [1.82, 2.24) is 9.55 Å². The molecule has 0 aliphatic rings. The largest absolute Gasteiger partial charge is 0.331 e. The van der Waals surface area contributed by atoms with Crippen LogP contribution in [0.15, 0.2) is 24.3 Å². The normalized spacial score (nSPS) is 11.1. The van der Waals surface area contributed by atoms with Crippen molar-refractivity contribution >= 4 is 11.0 Å². The summed E-state index contributed by atoms with van der Waals surface area (Å²) in [7, 11) is 2.11. The minimum absolute atomic E-state index is 1.10. The molecule has 0 aliphatic carbocycles. The van der Waals surface area contributed by atoms with Crippen molar-refractivity contribution in [3.8, 4) is 0 Å². The van der Waals surface area contributed by atoms with Gasteiger partial charge in [0.15, 0.2) is 0 Å². The van der Waals surface area contributed by atoms with Crippen molar-refractivity contribution in [2.24, 2.45) is 7.05 Å². The van der Waals surface area contributed by atoms with E-state index >= 15 is 0 Å². The average molecular weight is 202 g/mol. The van der Waals surface area contributed by atoms with Crippen LogP contribution >= 0.6 is 0 Å². The summed E-state index contributed by atoms with van der Waals surface area (Å²) in [5.74, 6) is 1.21. The maximum absolute atomic E-state index is 4.65. The molecule has 0 aliphatic heterocycles. The number of hydrogen-bond acceptors (Lipinski definition) is 1. The van der Waals surface area contributed by atoms with Gasteiger partial charge in [-0.1, -0.05) is 31.9 Å². The zero-order valence-corrected chi connectivity index (χ0v) is 9.53. The lowest BCUT2D eigenvalue weighted by atomic mass is 10.2. The van der Waals surface area contributed by atoms with E-state index in [9.17, 15) is 0 Å². The van der Waals surface area contributed by atoms with E-state index in [1.165, 1.54) is 30.6 Å². The summed E-state index contributed by atoms with van der Waals surface area (Å²) in [6.45, 7) is 2.23. The number of nitrogens with zero attached hydrogens (tertiary/aromatic N) is 2. The first-order valence-electron chi connectivity index (χ1n) is 5.73. The molecule has 2 aromatic rings. The van der Waals surface area contributed by atoms with Gasteiger partial charge < -0.3 is 4.57 Å². The Morgan fingerprint density at radius 3 is 2.73 bits per heavy atom. The molecular weight excluding hydrogens is 184 g/mol. The van der Waals surface area contributed by atoms with Crippen LogP contribution in [0.3, 0.4) is 0 Å². The fourth-order valence-electron chi connectivity index (χ4n) is 1.95. The highest BCUT2D eigenvalue weighted by atomic mass is 15.1. The summed E-state index contributed by atoms with van der Waals surface area (Å²) in [5.41, 5.74) is 2.36. The monoisotopic (exact) mass is 202 g/mol. The number of hydrogen-bond donors (Lipinski definition) is 0. The molecule has 0 unspecified atom stereocenters. The summed E-state index contributed by atoms with van der Waals surface area (Å²) in [5, 5.41) is 0. The predicted molar refractivity (Wildman–Crippen MR) is 63.9 cm³/mol. The minimum atomic E-state index is 1.10. The Balaban J connectivity index is 2.24. The molecule has 1 aromatic carbocycles. The summed E-state index contributed by atoms with van der Waals surface area (Å²) < 4.78 is 2.21. The quantitative estimate of drug-likeness (QED) is 0.695. The highest BCUT2D eigenvalue weighted by molar-refractivity contribution is 5.75. The van der Waals surface area contributed by atoms with Crippen molar-refractivity contribution in [3.05, 3.63) is 30.1 Å². The minimum Gasteiger partial charge on any atom is -0.331 e. The molecule has 0 N–H and O–H groups in total. The van der Waals surface area contributed by atoms with E-state index in [-0.39, 0.29) is 0 Å². The van der Waals surface area contributed by atoms with E-state index in [1.807, 2.05) is 6.07 Å². The third kappa shape index (κ3) is 2.04. The van der Waals surface area contributed by atoms with Crippen molar-refractivity contribution in [3.63, 3.8) is 0 Å². The number of imidazole rings is 1. The predicted octanol–water partition coefficient (Wildman–Crippen LogP) is 3.31. The second kappa shape index (κ2) is 4.47. The van der Waals surface area contributed by atoms with Crippen LogP contribution < -0.4 is 0 Å². The number of unbranched alkanes of at least 4 members (excludes halogenated alkanes) is 2. The van der Waals surface area contributed by atoms with Crippen LogP contribution in [0.4, 0.5) is 0 Å². The Labute approximate surface area is 90.9 Å². The number of aromatic nitrogens is 2. The van der Waals surface area contributed by atoms with Gasteiger partial charge in [0, 0.05) is 13.5 Å². The van der Waals surface area contributed by atoms with Gasteiger partial charge in [-0.15, -0.1) is 0 Å². The molecule has 0 radical (unpaired) electrons. The van der Waals surface area contributed by atoms with Crippen LogP contribution in [0.25, 0.3) is 11.0 Å². The molecule has 2 rings (SSSR count). The molecule has 0 atom stereocenters. The Bertz CT molecular complexity index is 443. The number of aryl methyl sites for hydroxylation is 2. The van der Waals surface area contributed by atoms with Crippen molar-refractivity contribution < 1.29 is 0 Å². The van der Waals surface area contributed by atoms with Gasteiger partial charge in [-0.05, 0) is 18.6 Å². The Hall–Kier alpha value is -1.31. The third-order valence-electron chi connectivity index (χ3n) is 2.88. The molecule has 0 saturated heterocycles. The zero-order valence-electron chi connectivity index (χ0n) is 9.53. The third-order valence-corrected chi connectivity index (χ3v) is 2.88. The van der Waals surface area contributed by atoms with Crippen LogP contribution in [0.1, 0.15) is 32.0 Å². The van der Waals surface area contributed by atoms with E-state index in [0.29, 0.717) is 0 Å². The first-order chi connectivity index (χ1) is 7.33. The topological polar surface area (TPSA) is 17.8 Å². The van der Waals surface area contributed by atoms with Gasteiger partial charge in [-0.2, -0.15) is 0 Å². The van der Waals surface area contributed by atoms with Crippen molar-refractivity contribution in [2.45, 2.75) is 32.6 Å². The molecule has 1 aromatic heterocycles. The molecule has 0 saturated carbocycles. The Kier molecular flexibility index (Phi) is 3.05. The van der Waals surface area contributed by atoms with Gasteiger partial charge >= 0.3 is 0 Å². The summed E-state index contributed by atoms with van der Waals surface area (Å²) in [4.78, 5) is 4.65. The molecule has 2 nitrogen and oxygen atoms in total. The van der Waals surface area contributed by atoms with Gasteiger partial charge in [-0.25, -0.2) is 4.98 Å². The second-order valence-electron chi connectivity index (χ2n) is 4.03. The second-order valence-corrected chi connectivity index (χ2v) is 4.03. The fraction of sp³-hybridized carbons (Fsp3) is 0.462. The van der Waals surface area contributed by atoms with E-state index in [4.69, 9.17) is 0 Å². The van der Waals surface area contributed by atoms with Gasteiger partial charge in [0.1, 0.15) is 5.82 Å². The van der Waals surface area contributed by atoms with Gasteiger partial charge in [0.05, 0.1) is 11.0 Å². The summed E-state index contributed by atoms with van der Waals surface area (Å²) >= 11 is 0. The SMILES string of the molecule is CCCCCc1nc2ccccc2n1C. The van der Waals surface area contributed by atoms with Crippen LogP contribution in [-0.2, 0) is 13.5 Å². The van der Waals surface area contributed by atoms with Crippen LogP contribution in [0, 0.1) is 0 Å². The Morgan fingerprint density at radius 2 is 2.00 bits per heavy atom. The van der Waals surface area contributed by atoms with Crippen LogP contribution in [0.5, 0.6) is 0 Å². The molecule has 0 spiro atoms. The molecule has 0 fully saturated rings. The lowest BCUT2D eigenvalue weighted by Gasteiger charge is -2.01. The first-order valence-corrected chi connectivity index (χ1v) is 5.73. The number of para-hydroxylation sites is 2. The zero-order chi connectivity index (χ0) is 10.7. The maximum atomic E-state index is 4.65. The van der Waals surface area contributed by atoms with Gasteiger partial charge in [0.2, 0.25) is 0 Å². The average Bonchev–Trinajstić information content (AvgIpc) is 2.57. The molecule has 80 valence electrons. The van der Waals surface area contributed by atoms with E-state index in [2.05, 4.69) is 41.7 Å². The van der Waals surface area contributed by atoms with Crippen LogP contribution in [-0.4, -0.2) is 9.55 Å². The number of rotatable bonds is 4. The molecule has 0 amide bonds. The molecule has 15 heavy (non-hydrogen) atoms. The molecule has 0 bridgehead atoms. The smallest absolute Gasteiger partial charge is 0.109 e. The number of fused-ring (bicyclic) bond motifs is 1. The van der Waals surface area contributed by atoms with Gasteiger partial charge in [-0.3, -0.25) is 0 Å². The molecule has 1 heterocycles. The summed E-state index contributed by atoms with van der Waals surface area (Å²) in [6.07, 6.45) is 4.90.